The molecule has 12 heteroatoms. The van der Waals surface area contributed by atoms with Gasteiger partial charge in [-0.1, -0.05) is 48.0 Å². The summed E-state index contributed by atoms with van der Waals surface area (Å²) >= 11 is 6.51. The van der Waals surface area contributed by atoms with E-state index in [-0.39, 0.29) is 18.9 Å². The minimum atomic E-state index is -3.59. The summed E-state index contributed by atoms with van der Waals surface area (Å²) in [6.45, 7) is 6.47. The number of aromatic nitrogens is 3. The molecule has 1 aliphatic rings. The second-order valence-corrected chi connectivity index (χ2v) is 11.4. The fourth-order valence-electron chi connectivity index (χ4n) is 4.30. The zero-order valence-corrected chi connectivity index (χ0v) is 23.0. The highest BCUT2D eigenvalue weighted by Crippen LogP contribution is 2.26. The van der Waals surface area contributed by atoms with Crippen LogP contribution in [0.25, 0.3) is 11.5 Å². The first kappa shape index (κ1) is 28.3. The van der Waals surface area contributed by atoms with E-state index in [9.17, 15) is 8.42 Å². The number of hydrogen-bond acceptors (Lipinski definition) is 9. The van der Waals surface area contributed by atoms with Crippen molar-refractivity contribution in [1.29, 1.82) is 0 Å². The highest BCUT2D eigenvalue weighted by Gasteiger charge is 2.23. The molecule has 0 unspecified atom stereocenters. The van der Waals surface area contributed by atoms with Gasteiger partial charge in [0.2, 0.25) is 10.0 Å². The number of hydrogen-bond donors (Lipinski definition) is 3. The smallest absolute Gasteiger partial charge is 0.213 e. The Morgan fingerprint density at radius 1 is 1.00 bits per heavy atom. The molecule has 0 spiro atoms. The Kier molecular flexibility index (Phi) is 10.0. The van der Waals surface area contributed by atoms with Crippen LogP contribution in [0.15, 0.2) is 54.7 Å². The summed E-state index contributed by atoms with van der Waals surface area (Å²) in [5.74, 6) is 0.847. The minimum absolute atomic E-state index is 0.00642. The summed E-state index contributed by atoms with van der Waals surface area (Å²) in [6.07, 6.45) is 1.67. The predicted octanol–water partition coefficient (Wildman–Crippen LogP) is 2.18. The zero-order chi connectivity index (χ0) is 27.0. The Bertz CT molecular complexity index is 1270. The van der Waals surface area contributed by atoms with E-state index in [1.54, 1.807) is 13.1 Å². The van der Waals surface area contributed by atoms with Crippen molar-refractivity contribution in [3.05, 3.63) is 71.0 Å². The van der Waals surface area contributed by atoms with E-state index >= 15 is 0 Å². The first-order chi connectivity index (χ1) is 18.3. The van der Waals surface area contributed by atoms with Crippen LogP contribution in [0.1, 0.15) is 17.3 Å². The van der Waals surface area contributed by atoms with Gasteiger partial charge in [-0.2, -0.15) is 0 Å². The molecular formula is C26H34ClN7O3S. The van der Waals surface area contributed by atoms with Crippen LogP contribution in [-0.2, 0) is 10.0 Å². The molecule has 10 nitrogen and oxygen atoms in total. The monoisotopic (exact) mass is 559 g/mol. The third kappa shape index (κ3) is 7.92. The van der Waals surface area contributed by atoms with Crippen LogP contribution in [0, 0.1) is 6.92 Å². The Morgan fingerprint density at radius 3 is 2.34 bits per heavy atom. The molecule has 3 heterocycles. The molecule has 204 valence electrons. The molecule has 0 aliphatic carbocycles. The first-order valence-electron chi connectivity index (χ1n) is 12.6. The molecule has 0 radical (unpaired) electrons. The molecule has 1 aliphatic heterocycles. The minimum Gasteiger partial charge on any atom is -0.395 e. The van der Waals surface area contributed by atoms with Gasteiger partial charge >= 0.3 is 0 Å². The van der Waals surface area contributed by atoms with Crippen molar-refractivity contribution in [1.82, 2.24) is 29.5 Å². The normalized spacial score (nSPS) is 15.9. The third-order valence-electron chi connectivity index (χ3n) is 6.47. The summed E-state index contributed by atoms with van der Waals surface area (Å²) < 4.78 is 29.1. The molecule has 38 heavy (non-hydrogen) atoms. The molecule has 1 fully saturated rings. The lowest BCUT2D eigenvalue weighted by Crippen LogP contribution is -2.49. The predicted molar refractivity (Wildman–Crippen MR) is 150 cm³/mol. The third-order valence-corrected chi connectivity index (χ3v) is 8.28. The Labute approximate surface area is 229 Å². The molecule has 3 aromatic rings. The van der Waals surface area contributed by atoms with E-state index in [0.29, 0.717) is 41.1 Å². The number of benzene rings is 1. The standard InChI is InChI=1S/C26H34ClN7O3S/c1-20-24(27)26(31-25(30-20)22-9-5-6-10-28-22)29-19-23(21-7-3-2-4-8-21)32-38(36,37)18-16-34-13-11-33(12-14-34)15-17-35/h2-10,23,32,35H,11-19H2,1H3,(H,29,30,31)/t23-/m0/s1. The number of sulfonamides is 1. The van der Waals surface area contributed by atoms with Gasteiger partial charge in [0.05, 0.1) is 24.1 Å². The second kappa shape index (κ2) is 13.4. The van der Waals surface area contributed by atoms with Gasteiger partial charge in [0.25, 0.3) is 0 Å². The maximum atomic E-state index is 13.1. The Balaban J connectivity index is 1.44. The van der Waals surface area contributed by atoms with Crippen molar-refractivity contribution in [2.75, 3.05) is 63.5 Å². The van der Waals surface area contributed by atoms with Crippen LogP contribution < -0.4 is 10.0 Å². The topological polar surface area (TPSA) is 124 Å². The number of nitrogens with one attached hydrogen (secondary N) is 2. The second-order valence-electron chi connectivity index (χ2n) is 9.20. The van der Waals surface area contributed by atoms with Crippen LogP contribution >= 0.6 is 11.6 Å². The lowest BCUT2D eigenvalue weighted by Gasteiger charge is -2.34. The van der Waals surface area contributed by atoms with Gasteiger partial charge in [-0.25, -0.2) is 23.1 Å². The molecule has 0 amide bonds. The fraction of sp³-hybridized carbons (Fsp3) is 0.423. The number of pyridine rings is 1. The maximum Gasteiger partial charge on any atom is 0.213 e. The molecule has 2 aromatic heterocycles. The van der Waals surface area contributed by atoms with E-state index in [1.165, 1.54) is 0 Å². The number of β-amino-alcohol motifs (C(OH)–C–C–N with tert-alkyl or cyclic N) is 1. The highest BCUT2D eigenvalue weighted by atomic mass is 35.5. The number of aryl methyl sites for hydroxylation is 1. The van der Waals surface area contributed by atoms with Crippen molar-refractivity contribution in [3.63, 3.8) is 0 Å². The largest absolute Gasteiger partial charge is 0.395 e. The Hall–Kier alpha value is -2.67. The highest BCUT2D eigenvalue weighted by molar-refractivity contribution is 7.89. The average molecular weight is 560 g/mol. The molecular weight excluding hydrogens is 526 g/mol. The van der Waals surface area contributed by atoms with E-state index < -0.39 is 16.1 Å². The molecule has 1 aromatic carbocycles. The van der Waals surface area contributed by atoms with E-state index in [1.807, 2.05) is 48.5 Å². The van der Waals surface area contributed by atoms with E-state index in [4.69, 9.17) is 16.7 Å². The van der Waals surface area contributed by atoms with Crippen LogP contribution in [0.2, 0.25) is 5.02 Å². The molecule has 1 saturated heterocycles. The van der Waals surface area contributed by atoms with Crippen molar-refractivity contribution in [3.8, 4) is 11.5 Å². The number of anilines is 1. The molecule has 4 rings (SSSR count). The summed E-state index contributed by atoms with van der Waals surface area (Å²) in [5.41, 5.74) is 2.04. The number of aliphatic hydroxyl groups excluding tert-OH is 1. The molecule has 0 saturated carbocycles. The van der Waals surface area contributed by atoms with Crippen molar-refractivity contribution >= 4 is 27.4 Å². The number of nitrogens with zero attached hydrogens (tertiary/aromatic N) is 5. The first-order valence-corrected chi connectivity index (χ1v) is 14.7. The lowest BCUT2D eigenvalue weighted by molar-refractivity contribution is 0.116. The average Bonchev–Trinajstić information content (AvgIpc) is 2.94. The van der Waals surface area contributed by atoms with Gasteiger partial charge in [0, 0.05) is 52.0 Å². The molecule has 3 N–H and O–H groups in total. The maximum absolute atomic E-state index is 13.1. The summed E-state index contributed by atoms with van der Waals surface area (Å²) in [7, 11) is -3.59. The summed E-state index contributed by atoms with van der Waals surface area (Å²) in [6, 6.07) is 14.4. The number of aliphatic hydroxyl groups is 1. The number of halogens is 1. The molecule has 1 atom stereocenters. The fourth-order valence-corrected chi connectivity index (χ4v) is 5.72. The number of rotatable bonds is 12. The van der Waals surface area contributed by atoms with Crippen LogP contribution in [-0.4, -0.2) is 96.4 Å². The lowest BCUT2D eigenvalue weighted by atomic mass is 10.1. The zero-order valence-electron chi connectivity index (χ0n) is 21.4. The van der Waals surface area contributed by atoms with Crippen molar-refractivity contribution in [2.24, 2.45) is 0 Å². The van der Waals surface area contributed by atoms with Crippen molar-refractivity contribution < 1.29 is 13.5 Å². The van der Waals surface area contributed by atoms with Crippen LogP contribution in [0.3, 0.4) is 0 Å². The van der Waals surface area contributed by atoms with Gasteiger partial charge in [0.1, 0.15) is 16.5 Å². The molecule has 0 bridgehead atoms. The van der Waals surface area contributed by atoms with Gasteiger partial charge < -0.3 is 10.4 Å². The van der Waals surface area contributed by atoms with Crippen LogP contribution in [0.4, 0.5) is 5.82 Å². The van der Waals surface area contributed by atoms with Gasteiger partial charge in [-0.05, 0) is 24.6 Å². The van der Waals surface area contributed by atoms with Crippen molar-refractivity contribution in [2.45, 2.75) is 13.0 Å². The van der Waals surface area contributed by atoms with E-state index in [0.717, 1.165) is 31.7 Å². The quantitative estimate of drug-likeness (QED) is 0.306. The van der Waals surface area contributed by atoms with Gasteiger partial charge in [-0.15, -0.1) is 0 Å². The SMILES string of the molecule is Cc1nc(-c2ccccn2)nc(NC[C@H](NS(=O)(=O)CCN2CCN(CCO)CC2)c2ccccc2)c1Cl. The number of piperazine rings is 1. The van der Waals surface area contributed by atoms with Gasteiger partial charge in [-0.3, -0.25) is 14.8 Å². The van der Waals surface area contributed by atoms with Crippen LogP contribution in [0.5, 0.6) is 0 Å². The Morgan fingerprint density at radius 2 is 1.68 bits per heavy atom. The summed E-state index contributed by atoms with van der Waals surface area (Å²) in [4.78, 5) is 17.7. The summed E-state index contributed by atoms with van der Waals surface area (Å²) in [5, 5.41) is 12.7. The van der Waals surface area contributed by atoms with E-state index in [2.05, 4.69) is 34.8 Å². The van der Waals surface area contributed by atoms with Gasteiger partial charge in [0.15, 0.2) is 5.82 Å².